The number of amides is 2. The molecular formula is C38H48N4O3S. The number of nitrogens with zero attached hydrogens (tertiary/aromatic N) is 4. The Morgan fingerprint density at radius 1 is 0.848 bits per heavy atom. The molecule has 0 unspecified atom stereocenters. The number of hydrogen-bond donors (Lipinski definition) is 1. The summed E-state index contributed by atoms with van der Waals surface area (Å²) >= 11 is 1.43. The van der Waals surface area contributed by atoms with Crippen molar-refractivity contribution in [3.63, 3.8) is 0 Å². The predicted octanol–water partition coefficient (Wildman–Crippen LogP) is 9.30. The second kappa shape index (κ2) is 16.9. The Morgan fingerprint density at radius 3 is 2.09 bits per heavy atom. The standard InChI is InChI=1S/C38H48N4O3S/c1-6-11-30(12-7-2)31-19-21-34(22-20-31)41(23-28(3)4)24-29-15-17-32(18-16-29)35-27-46-36(39-35)25-42(26-37(43)44)38(45)40(5)33-13-9-8-10-14-33/h8-10,13-22,27-28,30H,6-7,11-12,23-26H2,1-5H3,(H,43,44). The van der Waals surface area contributed by atoms with E-state index in [0.717, 1.165) is 24.3 Å². The van der Waals surface area contributed by atoms with Gasteiger partial charge in [0.15, 0.2) is 0 Å². The molecule has 1 heterocycles. The minimum atomic E-state index is -1.07. The summed E-state index contributed by atoms with van der Waals surface area (Å²) in [6.45, 7) is 10.5. The summed E-state index contributed by atoms with van der Waals surface area (Å²) in [5, 5.41) is 12.1. The highest BCUT2D eigenvalue weighted by Gasteiger charge is 2.23. The lowest BCUT2D eigenvalue weighted by Gasteiger charge is -2.28. The van der Waals surface area contributed by atoms with Crippen LogP contribution in [0.1, 0.15) is 75.4 Å². The van der Waals surface area contributed by atoms with E-state index in [2.05, 4.69) is 81.1 Å². The van der Waals surface area contributed by atoms with Gasteiger partial charge in [-0.3, -0.25) is 9.69 Å². The van der Waals surface area contributed by atoms with Crippen LogP contribution >= 0.6 is 11.3 Å². The van der Waals surface area contributed by atoms with Gasteiger partial charge in [0.25, 0.3) is 0 Å². The van der Waals surface area contributed by atoms with Crippen molar-refractivity contribution >= 4 is 34.7 Å². The topological polar surface area (TPSA) is 77.0 Å². The summed E-state index contributed by atoms with van der Waals surface area (Å²) in [7, 11) is 1.65. The van der Waals surface area contributed by atoms with Gasteiger partial charge in [-0.2, -0.15) is 0 Å². The molecule has 0 aliphatic rings. The number of carbonyl (C=O) groups excluding carboxylic acids is 1. The number of carbonyl (C=O) groups is 2. The molecule has 244 valence electrons. The first-order valence-electron chi connectivity index (χ1n) is 16.4. The molecule has 0 atom stereocenters. The second-order valence-corrected chi connectivity index (χ2v) is 13.3. The van der Waals surface area contributed by atoms with E-state index in [9.17, 15) is 14.7 Å². The molecule has 0 fully saturated rings. The van der Waals surface area contributed by atoms with Crippen LogP contribution in [0, 0.1) is 5.92 Å². The number of benzene rings is 3. The zero-order chi connectivity index (χ0) is 33.1. The average molecular weight is 641 g/mol. The molecular weight excluding hydrogens is 593 g/mol. The number of aromatic nitrogens is 1. The zero-order valence-electron chi connectivity index (χ0n) is 27.9. The summed E-state index contributed by atoms with van der Waals surface area (Å²) in [5.74, 6) is 0.0971. The zero-order valence-corrected chi connectivity index (χ0v) is 28.7. The molecule has 4 rings (SSSR count). The van der Waals surface area contributed by atoms with Gasteiger partial charge < -0.3 is 14.9 Å². The first-order valence-corrected chi connectivity index (χ1v) is 17.2. The number of rotatable bonds is 16. The molecule has 0 spiro atoms. The van der Waals surface area contributed by atoms with E-state index < -0.39 is 18.5 Å². The maximum atomic E-state index is 13.2. The van der Waals surface area contributed by atoms with Crippen LogP contribution in [0.2, 0.25) is 0 Å². The smallest absolute Gasteiger partial charge is 0.325 e. The summed E-state index contributed by atoms with van der Waals surface area (Å²) in [6.07, 6.45) is 4.89. The van der Waals surface area contributed by atoms with Crippen LogP contribution in [0.25, 0.3) is 11.3 Å². The van der Waals surface area contributed by atoms with Gasteiger partial charge in [0.1, 0.15) is 11.6 Å². The Morgan fingerprint density at radius 2 is 1.50 bits per heavy atom. The Hall–Kier alpha value is -4.17. The molecule has 0 saturated heterocycles. The van der Waals surface area contributed by atoms with Crippen LogP contribution in [0.3, 0.4) is 0 Å². The SMILES string of the molecule is CCCC(CCC)c1ccc(N(Cc2ccc(-c3csc(CN(CC(=O)O)C(=O)N(C)c4ccccc4)n3)cc2)CC(C)C)cc1. The van der Waals surface area contributed by atoms with Crippen LogP contribution in [0.5, 0.6) is 0 Å². The lowest BCUT2D eigenvalue weighted by molar-refractivity contribution is -0.137. The minimum Gasteiger partial charge on any atom is -0.480 e. The van der Waals surface area contributed by atoms with E-state index in [-0.39, 0.29) is 6.54 Å². The number of thiazole rings is 1. The molecule has 1 aromatic heterocycles. The number of carboxylic acid groups (broad SMARTS) is 1. The monoisotopic (exact) mass is 640 g/mol. The van der Waals surface area contributed by atoms with Crippen molar-refractivity contribution in [2.24, 2.45) is 5.92 Å². The molecule has 7 nitrogen and oxygen atoms in total. The summed E-state index contributed by atoms with van der Waals surface area (Å²) < 4.78 is 0. The van der Waals surface area contributed by atoms with Gasteiger partial charge in [0.05, 0.1) is 12.2 Å². The molecule has 1 N–H and O–H groups in total. The highest BCUT2D eigenvalue weighted by molar-refractivity contribution is 7.09. The number of urea groups is 1. The fourth-order valence-corrected chi connectivity index (χ4v) is 6.66. The lowest BCUT2D eigenvalue weighted by Crippen LogP contribution is -2.43. The van der Waals surface area contributed by atoms with E-state index >= 15 is 0 Å². The van der Waals surface area contributed by atoms with Crippen molar-refractivity contribution in [3.8, 4) is 11.3 Å². The van der Waals surface area contributed by atoms with E-state index in [0.29, 0.717) is 22.5 Å². The molecule has 0 aliphatic heterocycles. The highest BCUT2D eigenvalue weighted by atomic mass is 32.1. The Bertz CT molecular complexity index is 1510. The van der Waals surface area contributed by atoms with Crippen molar-refractivity contribution in [1.29, 1.82) is 0 Å². The first-order chi connectivity index (χ1) is 22.2. The summed E-state index contributed by atoms with van der Waals surface area (Å²) in [6, 6.07) is 26.5. The summed E-state index contributed by atoms with van der Waals surface area (Å²) in [5.41, 5.74) is 6.41. The third-order valence-corrected chi connectivity index (χ3v) is 8.95. The molecule has 3 aromatic carbocycles. The van der Waals surface area contributed by atoms with Gasteiger partial charge >= 0.3 is 12.0 Å². The second-order valence-electron chi connectivity index (χ2n) is 12.4. The average Bonchev–Trinajstić information content (AvgIpc) is 3.52. The Kier molecular flexibility index (Phi) is 12.8. The fraction of sp³-hybridized carbons (Fsp3) is 0.395. The first kappa shape index (κ1) is 34.7. The Labute approximate surface area is 278 Å². The molecule has 4 aromatic rings. The van der Waals surface area contributed by atoms with Crippen LogP contribution in [-0.4, -0.2) is 47.1 Å². The molecule has 0 saturated carbocycles. The van der Waals surface area contributed by atoms with Gasteiger partial charge in [0.2, 0.25) is 0 Å². The molecule has 46 heavy (non-hydrogen) atoms. The third-order valence-electron chi connectivity index (χ3n) is 8.12. The third kappa shape index (κ3) is 9.66. The van der Waals surface area contributed by atoms with E-state index in [1.165, 1.54) is 63.6 Å². The van der Waals surface area contributed by atoms with Crippen LogP contribution in [-0.2, 0) is 17.9 Å². The fourth-order valence-electron chi connectivity index (χ4n) is 5.84. The maximum absolute atomic E-state index is 13.2. The van der Waals surface area contributed by atoms with Gasteiger partial charge in [0, 0.05) is 42.5 Å². The van der Waals surface area contributed by atoms with E-state index in [1.54, 1.807) is 7.05 Å². The molecule has 0 bridgehead atoms. The van der Waals surface area contributed by atoms with Gasteiger partial charge in [-0.15, -0.1) is 11.3 Å². The molecule has 0 radical (unpaired) electrons. The van der Waals surface area contributed by atoms with Crippen molar-refractivity contribution < 1.29 is 14.7 Å². The number of para-hydroxylation sites is 1. The highest BCUT2D eigenvalue weighted by Crippen LogP contribution is 2.30. The minimum absolute atomic E-state index is 0.117. The molecule has 2 amide bonds. The molecule has 8 heteroatoms. The number of hydrogen-bond acceptors (Lipinski definition) is 5. The van der Waals surface area contributed by atoms with Crippen molar-refractivity contribution in [2.75, 3.05) is 29.9 Å². The van der Waals surface area contributed by atoms with Crippen molar-refractivity contribution in [2.45, 2.75) is 72.4 Å². The van der Waals surface area contributed by atoms with Crippen LogP contribution < -0.4 is 9.80 Å². The van der Waals surface area contributed by atoms with Gasteiger partial charge in [-0.25, -0.2) is 9.78 Å². The van der Waals surface area contributed by atoms with Crippen LogP contribution in [0.4, 0.5) is 16.2 Å². The normalized spacial score (nSPS) is 11.2. The van der Waals surface area contributed by atoms with Crippen molar-refractivity contribution in [3.05, 3.63) is 100 Å². The maximum Gasteiger partial charge on any atom is 0.325 e. The van der Waals surface area contributed by atoms with Gasteiger partial charge in [-0.05, 0) is 60.1 Å². The lowest BCUT2D eigenvalue weighted by atomic mass is 9.90. The number of carboxylic acids is 1. The number of aliphatic carboxylic acids is 1. The van der Waals surface area contributed by atoms with E-state index in [4.69, 9.17) is 4.98 Å². The predicted molar refractivity (Wildman–Crippen MR) is 191 cm³/mol. The van der Waals surface area contributed by atoms with Gasteiger partial charge in [-0.1, -0.05) is 95.1 Å². The van der Waals surface area contributed by atoms with E-state index in [1.807, 2.05) is 35.7 Å². The van der Waals surface area contributed by atoms with Crippen LogP contribution in [0.15, 0.2) is 84.2 Å². The largest absolute Gasteiger partial charge is 0.480 e. The molecule has 0 aliphatic carbocycles. The number of anilines is 2. The quantitative estimate of drug-likeness (QED) is 0.132. The van der Waals surface area contributed by atoms with Crippen molar-refractivity contribution in [1.82, 2.24) is 9.88 Å². The Balaban J connectivity index is 1.45. The summed E-state index contributed by atoms with van der Waals surface area (Å²) in [4.78, 5) is 34.8.